The SMILES string of the molecule is O=C(c1ccccc1)N1c2ccccc2[C@H](C2(N(CCOCc3ccccc3)C(=O)O)CC2)[C@H]2CCC[C@H]21. The van der Waals surface area contributed by atoms with E-state index in [-0.39, 0.29) is 23.8 Å². The monoisotopic (exact) mass is 510 g/mol. The standard InChI is InChI=1S/C32H34N2O4/c35-30(24-12-5-2-6-13-24)34-27-16-8-7-14-25(27)29(26-15-9-17-28(26)34)32(18-19-32)33(31(36)37)20-21-38-22-23-10-3-1-4-11-23/h1-8,10-14,16,26,28-29H,9,15,17-22H2,(H,36,37)/t26-,28+,29-/m0/s1. The van der Waals surface area contributed by atoms with Gasteiger partial charge in [-0.3, -0.25) is 9.69 Å². The molecule has 1 heterocycles. The van der Waals surface area contributed by atoms with Gasteiger partial charge in [0.15, 0.2) is 0 Å². The van der Waals surface area contributed by atoms with Crippen molar-refractivity contribution >= 4 is 17.7 Å². The van der Waals surface area contributed by atoms with E-state index in [2.05, 4.69) is 6.07 Å². The molecule has 3 aliphatic rings. The minimum absolute atomic E-state index is 0.0302. The Morgan fingerprint density at radius 1 is 0.921 bits per heavy atom. The minimum Gasteiger partial charge on any atom is -0.465 e. The molecule has 6 heteroatoms. The van der Waals surface area contributed by atoms with Crippen molar-refractivity contribution < 1.29 is 19.4 Å². The summed E-state index contributed by atoms with van der Waals surface area (Å²) in [6.45, 7) is 1.16. The second-order valence-corrected chi connectivity index (χ2v) is 10.8. The average Bonchev–Trinajstić information content (AvgIpc) is 3.59. The van der Waals surface area contributed by atoms with Crippen molar-refractivity contribution in [3.05, 3.63) is 102 Å². The third-order valence-corrected chi connectivity index (χ3v) is 8.74. The van der Waals surface area contributed by atoms with Crippen LogP contribution in [0, 0.1) is 5.92 Å². The van der Waals surface area contributed by atoms with Crippen molar-refractivity contribution in [3.63, 3.8) is 0 Å². The molecule has 0 bridgehead atoms. The Morgan fingerprint density at radius 2 is 1.61 bits per heavy atom. The highest BCUT2D eigenvalue weighted by molar-refractivity contribution is 6.07. The molecule has 0 spiro atoms. The van der Waals surface area contributed by atoms with Crippen LogP contribution in [0.4, 0.5) is 10.5 Å². The van der Waals surface area contributed by atoms with E-state index in [1.807, 2.05) is 83.8 Å². The van der Waals surface area contributed by atoms with Crippen molar-refractivity contribution in [2.24, 2.45) is 5.92 Å². The highest BCUT2D eigenvalue weighted by atomic mass is 16.5. The Hall–Kier alpha value is -3.64. The Balaban J connectivity index is 1.29. The highest BCUT2D eigenvalue weighted by Crippen LogP contribution is 2.62. The lowest BCUT2D eigenvalue weighted by Gasteiger charge is -2.48. The maximum atomic E-state index is 13.8. The second-order valence-electron chi connectivity index (χ2n) is 10.8. The summed E-state index contributed by atoms with van der Waals surface area (Å²) in [4.78, 5) is 30.1. The first-order valence-corrected chi connectivity index (χ1v) is 13.7. The van der Waals surface area contributed by atoms with Gasteiger partial charge in [-0.2, -0.15) is 0 Å². The predicted octanol–water partition coefficient (Wildman–Crippen LogP) is 6.33. The largest absolute Gasteiger partial charge is 0.465 e. The first-order chi connectivity index (χ1) is 18.6. The molecule has 3 aromatic carbocycles. The van der Waals surface area contributed by atoms with Crippen molar-refractivity contribution in [1.29, 1.82) is 0 Å². The van der Waals surface area contributed by atoms with Gasteiger partial charge in [0.2, 0.25) is 0 Å². The van der Waals surface area contributed by atoms with Crippen LogP contribution in [0.5, 0.6) is 0 Å². The van der Waals surface area contributed by atoms with E-state index in [0.717, 1.165) is 48.9 Å². The molecule has 38 heavy (non-hydrogen) atoms. The summed E-state index contributed by atoms with van der Waals surface area (Å²) < 4.78 is 5.91. The van der Waals surface area contributed by atoms with Gasteiger partial charge in [0, 0.05) is 29.8 Å². The van der Waals surface area contributed by atoms with Gasteiger partial charge < -0.3 is 14.7 Å². The number of carbonyl (C=O) groups is 2. The summed E-state index contributed by atoms with van der Waals surface area (Å²) in [5.41, 5.74) is 3.36. The molecule has 0 unspecified atom stereocenters. The highest BCUT2D eigenvalue weighted by Gasteiger charge is 2.62. The number of anilines is 1. The van der Waals surface area contributed by atoms with Gasteiger partial charge in [-0.1, -0.05) is 73.2 Å². The molecule has 196 valence electrons. The van der Waals surface area contributed by atoms with Gasteiger partial charge >= 0.3 is 6.09 Å². The number of benzene rings is 3. The van der Waals surface area contributed by atoms with Crippen molar-refractivity contribution in [1.82, 2.24) is 4.90 Å². The molecule has 0 saturated heterocycles. The molecule has 1 aliphatic heterocycles. The molecule has 3 aromatic rings. The lowest BCUT2D eigenvalue weighted by Crippen LogP contribution is -2.55. The molecule has 1 N–H and O–H groups in total. The van der Waals surface area contributed by atoms with Crippen molar-refractivity contribution in [3.8, 4) is 0 Å². The number of carboxylic acid groups (broad SMARTS) is 1. The maximum absolute atomic E-state index is 13.8. The summed E-state index contributed by atoms with van der Waals surface area (Å²) in [7, 11) is 0. The zero-order valence-electron chi connectivity index (χ0n) is 21.5. The van der Waals surface area contributed by atoms with Crippen LogP contribution in [0.25, 0.3) is 0 Å². The van der Waals surface area contributed by atoms with Crippen LogP contribution >= 0.6 is 0 Å². The summed E-state index contributed by atoms with van der Waals surface area (Å²) >= 11 is 0. The fraction of sp³-hybridized carbons (Fsp3) is 0.375. The Kier molecular flexibility index (Phi) is 6.66. The maximum Gasteiger partial charge on any atom is 0.407 e. The van der Waals surface area contributed by atoms with Gasteiger partial charge in [-0.05, 0) is 60.9 Å². The Morgan fingerprint density at radius 3 is 2.32 bits per heavy atom. The zero-order chi connectivity index (χ0) is 26.1. The smallest absolute Gasteiger partial charge is 0.407 e. The van der Waals surface area contributed by atoms with E-state index in [1.165, 1.54) is 0 Å². The quantitative estimate of drug-likeness (QED) is 0.360. The molecule has 6 nitrogen and oxygen atoms in total. The van der Waals surface area contributed by atoms with E-state index < -0.39 is 11.6 Å². The van der Waals surface area contributed by atoms with Gasteiger partial charge in [0.25, 0.3) is 5.91 Å². The second kappa shape index (κ2) is 10.3. The number of ether oxygens (including phenoxy) is 1. The van der Waals surface area contributed by atoms with E-state index in [0.29, 0.717) is 25.3 Å². The number of para-hydroxylation sites is 1. The molecule has 2 fully saturated rings. The van der Waals surface area contributed by atoms with E-state index in [4.69, 9.17) is 4.74 Å². The lowest BCUT2D eigenvalue weighted by atomic mass is 9.71. The van der Waals surface area contributed by atoms with Crippen LogP contribution in [-0.4, -0.2) is 46.7 Å². The predicted molar refractivity (Wildman–Crippen MR) is 146 cm³/mol. The topological polar surface area (TPSA) is 70.1 Å². The fourth-order valence-corrected chi connectivity index (χ4v) is 7.03. The number of hydrogen-bond donors (Lipinski definition) is 1. The molecular weight excluding hydrogens is 476 g/mol. The van der Waals surface area contributed by atoms with Gasteiger partial charge in [-0.15, -0.1) is 0 Å². The number of carbonyl (C=O) groups excluding carboxylic acids is 1. The normalized spacial score (nSPS) is 22.8. The van der Waals surface area contributed by atoms with E-state index in [9.17, 15) is 14.7 Å². The van der Waals surface area contributed by atoms with Crippen molar-refractivity contribution in [2.75, 3.05) is 18.1 Å². The third-order valence-electron chi connectivity index (χ3n) is 8.74. The molecular formula is C32H34N2O4. The van der Waals surface area contributed by atoms with E-state index in [1.54, 1.807) is 4.90 Å². The Labute approximate surface area is 223 Å². The zero-order valence-corrected chi connectivity index (χ0v) is 21.5. The number of rotatable bonds is 8. The molecule has 2 saturated carbocycles. The fourth-order valence-electron chi connectivity index (χ4n) is 7.03. The van der Waals surface area contributed by atoms with Gasteiger partial charge in [0.05, 0.1) is 18.8 Å². The molecule has 6 rings (SSSR count). The van der Waals surface area contributed by atoms with E-state index >= 15 is 0 Å². The number of hydrogen-bond acceptors (Lipinski definition) is 3. The molecule has 3 atom stereocenters. The number of fused-ring (bicyclic) bond motifs is 2. The van der Waals surface area contributed by atoms with Crippen LogP contribution in [0.1, 0.15) is 59.5 Å². The minimum atomic E-state index is -0.888. The summed E-state index contributed by atoms with van der Waals surface area (Å²) in [5, 5.41) is 10.4. The van der Waals surface area contributed by atoms with Crippen LogP contribution in [0.2, 0.25) is 0 Å². The summed E-state index contributed by atoms with van der Waals surface area (Å²) in [5.74, 6) is 0.325. The third kappa shape index (κ3) is 4.37. The lowest BCUT2D eigenvalue weighted by molar-refractivity contribution is 0.0517. The number of amides is 2. The van der Waals surface area contributed by atoms with Gasteiger partial charge in [0.1, 0.15) is 0 Å². The summed E-state index contributed by atoms with van der Waals surface area (Å²) in [6.07, 6.45) is 3.78. The van der Waals surface area contributed by atoms with Crippen LogP contribution in [-0.2, 0) is 11.3 Å². The molecule has 0 aromatic heterocycles. The van der Waals surface area contributed by atoms with Crippen molar-refractivity contribution in [2.45, 2.75) is 56.2 Å². The van der Waals surface area contributed by atoms with Crippen LogP contribution in [0.3, 0.4) is 0 Å². The molecule has 2 amide bonds. The molecule has 2 aliphatic carbocycles. The Bertz CT molecular complexity index is 1290. The molecule has 0 radical (unpaired) electrons. The first-order valence-electron chi connectivity index (χ1n) is 13.7. The van der Waals surface area contributed by atoms with Crippen LogP contribution < -0.4 is 4.90 Å². The average molecular weight is 511 g/mol. The van der Waals surface area contributed by atoms with Crippen LogP contribution in [0.15, 0.2) is 84.9 Å². The summed E-state index contributed by atoms with van der Waals surface area (Å²) in [6, 6.07) is 27.7. The number of nitrogens with zero attached hydrogens (tertiary/aromatic N) is 2. The first kappa shape index (κ1) is 24.7. The van der Waals surface area contributed by atoms with Gasteiger partial charge in [-0.25, -0.2) is 4.79 Å².